The Bertz CT molecular complexity index is 673. The molecule has 122 valence electrons. The monoisotopic (exact) mass is 334 g/mol. The van der Waals surface area contributed by atoms with Crippen LogP contribution < -0.4 is 10.6 Å². The minimum Gasteiger partial charge on any atom is -0.336 e. The number of carbonyl (C=O) groups is 2. The van der Waals surface area contributed by atoms with Gasteiger partial charge in [0.2, 0.25) is 11.1 Å². The zero-order valence-corrected chi connectivity index (χ0v) is 13.9. The van der Waals surface area contributed by atoms with Crippen LogP contribution in [-0.4, -0.2) is 43.4 Å². The second kappa shape index (κ2) is 7.73. The van der Waals surface area contributed by atoms with Crippen LogP contribution in [0.15, 0.2) is 35.5 Å². The largest absolute Gasteiger partial charge is 0.336 e. The summed E-state index contributed by atoms with van der Waals surface area (Å²) in [5, 5.41) is 16.3. The van der Waals surface area contributed by atoms with E-state index in [1.165, 1.54) is 11.8 Å². The number of para-hydroxylation sites is 1. The van der Waals surface area contributed by atoms with E-state index in [1.54, 1.807) is 11.6 Å². The van der Waals surface area contributed by atoms with E-state index < -0.39 is 17.2 Å². The number of urea groups is 1. The van der Waals surface area contributed by atoms with Gasteiger partial charge in [-0.15, -0.1) is 5.10 Å². The van der Waals surface area contributed by atoms with Crippen LogP contribution in [0.2, 0.25) is 0 Å². The molecule has 0 radical (unpaired) electrons. The molecule has 0 saturated carbocycles. The molecule has 2 N–H and O–H groups in total. The highest BCUT2D eigenvalue weighted by molar-refractivity contribution is 8.00. The molecule has 9 heteroatoms. The third kappa shape index (κ3) is 4.78. The molecule has 3 amide bonds. The maximum Gasteiger partial charge on any atom is 0.321 e. The van der Waals surface area contributed by atoms with Gasteiger partial charge in [0.05, 0.1) is 10.9 Å². The molecule has 8 nitrogen and oxygen atoms in total. The van der Waals surface area contributed by atoms with Crippen LogP contribution in [0.3, 0.4) is 0 Å². The number of thioether (sulfide) groups is 1. The van der Waals surface area contributed by atoms with Gasteiger partial charge in [0, 0.05) is 6.04 Å². The summed E-state index contributed by atoms with van der Waals surface area (Å²) in [7, 11) is 0. The summed E-state index contributed by atoms with van der Waals surface area (Å²) < 4.78 is 1.54. The Balaban J connectivity index is 2.01. The third-order valence-corrected chi connectivity index (χ3v) is 3.78. The number of amides is 3. The fourth-order valence-corrected chi connectivity index (χ4v) is 2.51. The van der Waals surface area contributed by atoms with Crippen molar-refractivity contribution in [1.29, 1.82) is 0 Å². The molecule has 0 fully saturated rings. The molecule has 1 aromatic carbocycles. The van der Waals surface area contributed by atoms with Crippen molar-refractivity contribution in [1.82, 2.24) is 30.8 Å². The Morgan fingerprint density at radius 1 is 1.17 bits per heavy atom. The predicted octanol–water partition coefficient (Wildman–Crippen LogP) is 1.38. The molecule has 23 heavy (non-hydrogen) atoms. The molecule has 1 aromatic heterocycles. The van der Waals surface area contributed by atoms with Gasteiger partial charge in [-0.2, -0.15) is 4.68 Å². The van der Waals surface area contributed by atoms with Gasteiger partial charge in [0.15, 0.2) is 0 Å². The van der Waals surface area contributed by atoms with Gasteiger partial charge in [0.1, 0.15) is 0 Å². The summed E-state index contributed by atoms with van der Waals surface area (Å²) >= 11 is 1.18. The van der Waals surface area contributed by atoms with Gasteiger partial charge in [-0.1, -0.05) is 30.0 Å². The Kier molecular flexibility index (Phi) is 5.69. The molecule has 0 aliphatic rings. The molecule has 0 bridgehead atoms. The van der Waals surface area contributed by atoms with E-state index in [9.17, 15) is 9.59 Å². The smallest absolute Gasteiger partial charge is 0.321 e. The van der Waals surface area contributed by atoms with E-state index >= 15 is 0 Å². The number of aromatic nitrogens is 4. The molecule has 1 heterocycles. The standard InChI is InChI=1S/C14H18N6O2S/c1-9(2)15-13(22)16-12(21)10(3)23-14-17-18-19-20(14)11-7-5-4-6-8-11/h4-10H,1-3H3,(H2,15,16,21,22)/t10-/m0/s1. The normalized spacial score (nSPS) is 12.0. The van der Waals surface area contributed by atoms with Crippen molar-refractivity contribution >= 4 is 23.7 Å². The van der Waals surface area contributed by atoms with Crippen LogP contribution in [-0.2, 0) is 4.79 Å². The SMILES string of the molecule is CC(C)NC(=O)NC(=O)[C@H](C)Sc1nnnn1-c1ccccc1. The fraction of sp³-hybridized carbons (Fsp3) is 0.357. The first-order valence-electron chi connectivity index (χ1n) is 7.09. The maximum atomic E-state index is 12.0. The molecule has 0 spiro atoms. The lowest BCUT2D eigenvalue weighted by Gasteiger charge is -2.13. The van der Waals surface area contributed by atoms with Gasteiger partial charge in [-0.25, -0.2) is 4.79 Å². The maximum absolute atomic E-state index is 12.0. The molecular formula is C14H18N6O2S. The first-order chi connectivity index (χ1) is 11.0. The lowest BCUT2D eigenvalue weighted by molar-refractivity contribution is -0.119. The molecule has 0 unspecified atom stereocenters. The van der Waals surface area contributed by atoms with Crippen LogP contribution in [0.5, 0.6) is 0 Å². The van der Waals surface area contributed by atoms with E-state index in [2.05, 4.69) is 26.2 Å². The summed E-state index contributed by atoms with van der Waals surface area (Å²) in [4.78, 5) is 23.6. The second-order valence-corrected chi connectivity index (χ2v) is 6.39. The van der Waals surface area contributed by atoms with Crippen molar-refractivity contribution in [3.05, 3.63) is 30.3 Å². The second-order valence-electron chi connectivity index (χ2n) is 5.09. The fourth-order valence-electron chi connectivity index (χ4n) is 1.71. The average molecular weight is 334 g/mol. The van der Waals surface area contributed by atoms with E-state index in [1.807, 2.05) is 44.2 Å². The van der Waals surface area contributed by atoms with E-state index in [-0.39, 0.29) is 6.04 Å². The van der Waals surface area contributed by atoms with Gasteiger partial charge in [0.25, 0.3) is 0 Å². The van der Waals surface area contributed by atoms with Crippen molar-refractivity contribution < 1.29 is 9.59 Å². The van der Waals surface area contributed by atoms with Crippen LogP contribution in [0.25, 0.3) is 5.69 Å². The van der Waals surface area contributed by atoms with Gasteiger partial charge < -0.3 is 5.32 Å². The van der Waals surface area contributed by atoms with E-state index in [0.717, 1.165) is 5.69 Å². The zero-order chi connectivity index (χ0) is 16.8. The topological polar surface area (TPSA) is 102 Å². The number of nitrogens with one attached hydrogen (secondary N) is 2. The van der Waals surface area contributed by atoms with Crippen molar-refractivity contribution in [2.45, 2.75) is 37.2 Å². The van der Waals surface area contributed by atoms with E-state index in [4.69, 9.17) is 0 Å². The van der Waals surface area contributed by atoms with Gasteiger partial charge in [-0.3, -0.25) is 10.1 Å². The van der Waals surface area contributed by atoms with Crippen molar-refractivity contribution in [2.24, 2.45) is 0 Å². The van der Waals surface area contributed by atoms with Crippen LogP contribution in [0.4, 0.5) is 4.79 Å². The number of nitrogens with zero attached hydrogens (tertiary/aromatic N) is 4. The number of hydrogen-bond acceptors (Lipinski definition) is 6. The highest BCUT2D eigenvalue weighted by atomic mass is 32.2. The molecule has 0 saturated heterocycles. The molecule has 0 aliphatic heterocycles. The quantitative estimate of drug-likeness (QED) is 0.801. The number of hydrogen-bond donors (Lipinski definition) is 2. The summed E-state index contributed by atoms with van der Waals surface area (Å²) in [5.41, 5.74) is 0.796. The van der Waals surface area contributed by atoms with Crippen molar-refractivity contribution in [2.75, 3.05) is 0 Å². The molecular weight excluding hydrogens is 316 g/mol. The Labute approximate surface area is 138 Å². The number of benzene rings is 1. The highest BCUT2D eigenvalue weighted by Crippen LogP contribution is 2.22. The number of tetrazole rings is 1. The summed E-state index contributed by atoms with van der Waals surface area (Å²) in [6, 6.07) is 8.80. The third-order valence-electron chi connectivity index (χ3n) is 2.75. The van der Waals surface area contributed by atoms with E-state index in [0.29, 0.717) is 5.16 Å². The minimum atomic E-state index is -0.527. The molecule has 2 aromatic rings. The summed E-state index contributed by atoms with van der Waals surface area (Å²) in [6.07, 6.45) is 0. The predicted molar refractivity (Wildman–Crippen MR) is 86.3 cm³/mol. The van der Waals surface area contributed by atoms with Gasteiger partial charge >= 0.3 is 6.03 Å². The Hall–Kier alpha value is -2.42. The molecule has 0 aliphatic carbocycles. The Morgan fingerprint density at radius 2 is 1.87 bits per heavy atom. The Morgan fingerprint density at radius 3 is 2.52 bits per heavy atom. The van der Waals surface area contributed by atoms with Crippen LogP contribution in [0, 0.1) is 0 Å². The van der Waals surface area contributed by atoms with Gasteiger partial charge in [-0.05, 0) is 43.3 Å². The summed E-state index contributed by atoms with van der Waals surface area (Å²) in [6.45, 7) is 5.32. The number of rotatable bonds is 5. The van der Waals surface area contributed by atoms with Crippen molar-refractivity contribution in [3.8, 4) is 5.69 Å². The molecule has 2 rings (SSSR count). The minimum absolute atomic E-state index is 0.0452. The summed E-state index contributed by atoms with van der Waals surface area (Å²) in [5.74, 6) is -0.407. The first kappa shape index (κ1) is 16.9. The lowest BCUT2D eigenvalue weighted by Crippen LogP contribution is -2.45. The highest BCUT2D eigenvalue weighted by Gasteiger charge is 2.21. The lowest BCUT2D eigenvalue weighted by atomic mass is 10.3. The number of carbonyl (C=O) groups excluding carboxylic acids is 2. The van der Waals surface area contributed by atoms with Crippen LogP contribution >= 0.6 is 11.8 Å². The zero-order valence-electron chi connectivity index (χ0n) is 13.1. The average Bonchev–Trinajstić information content (AvgIpc) is 2.95. The number of imide groups is 1. The molecule has 1 atom stereocenters. The first-order valence-corrected chi connectivity index (χ1v) is 7.97. The van der Waals surface area contributed by atoms with Crippen molar-refractivity contribution in [3.63, 3.8) is 0 Å². The van der Waals surface area contributed by atoms with Crippen LogP contribution in [0.1, 0.15) is 20.8 Å².